The summed E-state index contributed by atoms with van der Waals surface area (Å²) >= 11 is 0. The van der Waals surface area contributed by atoms with Gasteiger partial charge in [0.05, 0.1) is 0 Å². The summed E-state index contributed by atoms with van der Waals surface area (Å²) in [6, 6.07) is 20.5. The topological polar surface area (TPSA) is 97.1 Å². The van der Waals surface area contributed by atoms with Crippen LogP contribution in [0.15, 0.2) is 60.7 Å². The summed E-state index contributed by atoms with van der Waals surface area (Å²) in [4.78, 5) is 29.1. The van der Waals surface area contributed by atoms with Crippen LogP contribution in [0, 0.1) is 6.92 Å². The van der Waals surface area contributed by atoms with Crippen LogP contribution < -0.4 is 16.0 Å². The summed E-state index contributed by atoms with van der Waals surface area (Å²) in [5, 5.41) is 2.89. The Morgan fingerprint density at radius 2 is 1.55 bits per heavy atom. The first-order valence-corrected chi connectivity index (χ1v) is 13.8. The van der Waals surface area contributed by atoms with Crippen LogP contribution in [0.5, 0.6) is 0 Å². The monoisotopic (exact) mass is 542 g/mol. The van der Waals surface area contributed by atoms with Crippen LogP contribution in [0.2, 0.25) is 0 Å². The molecule has 1 heterocycles. The minimum absolute atomic E-state index is 0.0131. The number of nitrogens with zero attached hydrogens (tertiary/aromatic N) is 2. The lowest BCUT2D eigenvalue weighted by Gasteiger charge is -2.37. The van der Waals surface area contributed by atoms with Gasteiger partial charge in [-0.25, -0.2) is 9.59 Å². The second-order valence-electron chi connectivity index (χ2n) is 11.5. The molecule has 8 heteroatoms. The molecule has 0 atom stereocenters. The number of nitrogens with two attached hydrogens (primary N) is 1. The zero-order valence-corrected chi connectivity index (χ0v) is 23.7. The molecule has 3 aromatic carbocycles. The third-order valence-corrected chi connectivity index (χ3v) is 7.53. The third-order valence-electron chi connectivity index (χ3n) is 7.53. The minimum atomic E-state index is -0.520. The van der Waals surface area contributed by atoms with Gasteiger partial charge in [-0.3, -0.25) is 0 Å². The number of anilines is 2. The van der Waals surface area contributed by atoms with Crippen LogP contribution in [0.4, 0.5) is 21.0 Å². The molecule has 1 aliphatic heterocycles. The number of piperazine rings is 1. The van der Waals surface area contributed by atoms with Gasteiger partial charge in [-0.05, 0) is 73.2 Å². The predicted molar refractivity (Wildman–Crippen MR) is 158 cm³/mol. The summed E-state index contributed by atoms with van der Waals surface area (Å²) < 4.78 is 11.2. The minimum Gasteiger partial charge on any atom is -0.449 e. The second-order valence-corrected chi connectivity index (χ2v) is 11.5. The van der Waals surface area contributed by atoms with Crippen molar-refractivity contribution in [2.24, 2.45) is 0 Å². The normalized spacial score (nSPS) is 14.9. The van der Waals surface area contributed by atoms with Gasteiger partial charge in [0.25, 0.3) is 0 Å². The van der Waals surface area contributed by atoms with Gasteiger partial charge in [0.15, 0.2) is 0 Å². The maximum Gasteiger partial charge on any atom is 0.410 e. The summed E-state index contributed by atoms with van der Waals surface area (Å²) in [7, 11) is 0. The van der Waals surface area contributed by atoms with Crippen molar-refractivity contribution >= 4 is 23.6 Å². The fourth-order valence-corrected chi connectivity index (χ4v) is 5.49. The van der Waals surface area contributed by atoms with Gasteiger partial charge < -0.3 is 30.3 Å². The lowest BCUT2D eigenvalue weighted by molar-refractivity contribution is 0.0240. The van der Waals surface area contributed by atoms with Gasteiger partial charge in [-0.1, -0.05) is 48.5 Å². The zero-order valence-electron chi connectivity index (χ0n) is 23.7. The molecule has 8 nitrogen and oxygen atoms in total. The van der Waals surface area contributed by atoms with Crippen molar-refractivity contribution in [3.63, 3.8) is 0 Å². The first kappa shape index (κ1) is 27.4. The molecule has 3 N–H and O–H groups in total. The van der Waals surface area contributed by atoms with Crippen molar-refractivity contribution in [2.75, 3.05) is 43.4 Å². The van der Waals surface area contributed by atoms with E-state index in [-0.39, 0.29) is 18.6 Å². The number of rotatable bonds is 5. The number of nitrogen functional groups attached to an aromatic ring is 1. The van der Waals surface area contributed by atoms with E-state index in [1.807, 2.05) is 58.0 Å². The molecule has 0 radical (unpaired) electrons. The Morgan fingerprint density at radius 3 is 2.15 bits per heavy atom. The van der Waals surface area contributed by atoms with E-state index in [1.165, 1.54) is 22.3 Å². The van der Waals surface area contributed by atoms with Gasteiger partial charge >= 0.3 is 12.2 Å². The Hall–Kier alpha value is -4.20. The summed E-state index contributed by atoms with van der Waals surface area (Å²) in [5.41, 5.74) is 14.1. The van der Waals surface area contributed by atoms with Crippen molar-refractivity contribution in [3.8, 4) is 11.1 Å². The van der Waals surface area contributed by atoms with Gasteiger partial charge in [-0.2, -0.15) is 0 Å². The Kier molecular flexibility index (Phi) is 7.61. The summed E-state index contributed by atoms with van der Waals surface area (Å²) in [5.74, 6) is 0.0131. The SMILES string of the molecule is Cc1c(N)cc(CNC(=O)OCC2c3ccccc3-c3ccccc32)cc1N1CCN(C(=O)OC(C)(C)C)CC1. The Bertz CT molecular complexity index is 1360. The first-order chi connectivity index (χ1) is 19.1. The molecule has 0 spiro atoms. The number of carbonyl (C=O) groups is 2. The van der Waals surface area contributed by atoms with Gasteiger partial charge in [0.2, 0.25) is 0 Å². The van der Waals surface area contributed by atoms with Gasteiger partial charge in [0, 0.05) is 50.0 Å². The highest BCUT2D eigenvalue weighted by atomic mass is 16.6. The number of ether oxygens (including phenoxy) is 2. The maximum atomic E-state index is 12.7. The number of amides is 2. The summed E-state index contributed by atoms with van der Waals surface area (Å²) in [6.07, 6.45) is -0.752. The Labute approximate surface area is 236 Å². The highest BCUT2D eigenvalue weighted by molar-refractivity contribution is 5.79. The number of nitrogens with one attached hydrogen (secondary N) is 1. The van der Waals surface area contributed by atoms with Crippen molar-refractivity contribution in [2.45, 2.75) is 45.8 Å². The molecular formula is C32H38N4O4. The predicted octanol–water partition coefficient (Wildman–Crippen LogP) is 5.67. The molecule has 1 fully saturated rings. The molecule has 2 amide bonds. The number of hydrogen-bond donors (Lipinski definition) is 2. The third kappa shape index (κ3) is 5.86. The van der Waals surface area contributed by atoms with Gasteiger partial charge in [-0.15, -0.1) is 0 Å². The van der Waals surface area contributed by atoms with E-state index in [0.29, 0.717) is 38.4 Å². The second kappa shape index (κ2) is 11.1. The number of fused-ring (bicyclic) bond motifs is 3. The molecule has 40 heavy (non-hydrogen) atoms. The number of hydrogen-bond acceptors (Lipinski definition) is 6. The van der Waals surface area contributed by atoms with Crippen molar-refractivity contribution in [3.05, 3.63) is 82.9 Å². The van der Waals surface area contributed by atoms with Crippen LogP contribution in [-0.4, -0.2) is 55.5 Å². The number of carbonyl (C=O) groups excluding carboxylic acids is 2. The Balaban J connectivity index is 1.18. The van der Waals surface area contributed by atoms with E-state index >= 15 is 0 Å². The summed E-state index contributed by atoms with van der Waals surface area (Å²) in [6.45, 7) is 10.6. The standard InChI is InChI=1S/C32H38N4O4/c1-21-28(33)17-22(18-29(21)35-13-15-36(16-14-35)31(38)40-32(2,3)4)19-34-30(37)39-20-27-25-11-7-5-9-23(25)24-10-6-8-12-26(24)27/h5-12,17-18,27H,13-16,19-20,33H2,1-4H3,(H,34,37). The molecule has 0 bridgehead atoms. The molecule has 0 saturated carbocycles. The van der Waals surface area contributed by atoms with Gasteiger partial charge in [0.1, 0.15) is 12.2 Å². The molecule has 2 aliphatic rings. The molecule has 3 aromatic rings. The van der Waals surface area contributed by atoms with Crippen LogP contribution in [-0.2, 0) is 16.0 Å². The molecule has 1 saturated heterocycles. The van der Waals surface area contributed by atoms with Crippen LogP contribution >= 0.6 is 0 Å². The van der Waals surface area contributed by atoms with Crippen molar-refractivity contribution in [1.82, 2.24) is 10.2 Å². The molecule has 1 aliphatic carbocycles. The average molecular weight is 543 g/mol. The number of alkyl carbamates (subject to hydrolysis) is 1. The average Bonchev–Trinajstić information content (AvgIpc) is 3.25. The van der Waals surface area contributed by atoms with Crippen LogP contribution in [0.1, 0.15) is 48.9 Å². The molecular weight excluding hydrogens is 504 g/mol. The Morgan fingerprint density at radius 1 is 0.950 bits per heavy atom. The fraction of sp³-hybridized carbons (Fsp3) is 0.375. The lowest BCUT2D eigenvalue weighted by atomic mass is 9.98. The number of benzene rings is 3. The first-order valence-electron chi connectivity index (χ1n) is 13.8. The lowest BCUT2D eigenvalue weighted by Crippen LogP contribution is -2.50. The highest BCUT2D eigenvalue weighted by Crippen LogP contribution is 2.44. The smallest absolute Gasteiger partial charge is 0.410 e. The van der Waals surface area contributed by atoms with Crippen LogP contribution in [0.3, 0.4) is 0 Å². The van der Waals surface area contributed by atoms with E-state index in [4.69, 9.17) is 15.2 Å². The molecule has 0 aromatic heterocycles. The van der Waals surface area contributed by atoms with E-state index in [9.17, 15) is 9.59 Å². The zero-order chi connectivity index (χ0) is 28.4. The van der Waals surface area contributed by atoms with E-state index in [2.05, 4.69) is 40.5 Å². The van der Waals surface area contributed by atoms with E-state index < -0.39 is 11.7 Å². The van der Waals surface area contributed by atoms with Crippen LogP contribution in [0.25, 0.3) is 11.1 Å². The fourth-order valence-electron chi connectivity index (χ4n) is 5.49. The molecule has 210 valence electrons. The largest absolute Gasteiger partial charge is 0.449 e. The quantitative estimate of drug-likeness (QED) is 0.403. The highest BCUT2D eigenvalue weighted by Gasteiger charge is 2.29. The van der Waals surface area contributed by atoms with Crippen molar-refractivity contribution in [1.29, 1.82) is 0 Å². The van der Waals surface area contributed by atoms with Crippen molar-refractivity contribution < 1.29 is 19.1 Å². The molecule has 5 rings (SSSR count). The van der Waals surface area contributed by atoms with E-state index in [0.717, 1.165) is 16.8 Å². The van der Waals surface area contributed by atoms with E-state index in [1.54, 1.807) is 4.90 Å². The maximum absolute atomic E-state index is 12.7. The molecule has 0 unspecified atom stereocenters.